The number of morpholine rings is 1. The van der Waals surface area contributed by atoms with Gasteiger partial charge in [0.25, 0.3) is 0 Å². The zero-order chi connectivity index (χ0) is 15.9. The average molecular weight is 390 g/mol. The first-order valence-electron chi connectivity index (χ1n) is 8.65. The molecule has 2 aliphatic rings. The van der Waals surface area contributed by atoms with Crippen LogP contribution in [0.1, 0.15) is 24.0 Å². The maximum absolute atomic E-state index is 12.1. The molecular formula is C18H29Cl2N3O2. The van der Waals surface area contributed by atoms with Crippen molar-refractivity contribution in [2.24, 2.45) is 5.92 Å². The number of halogens is 2. The van der Waals surface area contributed by atoms with Crippen LogP contribution in [0, 0.1) is 5.92 Å². The quantitative estimate of drug-likeness (QED) is 0.780. The zero-order valence-corrected chi connectivity index (χ0v) is 16.2. The van der Waals surface area contributed by atoms with Gasteiger partial charge in [0.15, 0.2) is 0 Å². The van der Waals surface area contributed by atoms with E-state index in [4.69, 9.17) is 4.74 Å². The molecule has 1 aromatic carbocycles. The van der Waals surface area contributed by atoms with Gasteiger partial charge in [0.2, 0.25) is 5.91 Å². The molecule has 25 heavy (non-hydrogen) atoms. The largest absolute Gasteiger partial charge is 0.379 e. The molecule has 1 amide bonds. The summed E-state index contributed by atoms with van der Waals surface area (Å²) in [6.07, 6.45) is 1.75. The smallest absolute Gasteiger partial charge is 0.220 e. The standard InChI is InChI=1S/C18H27N3O2.2ClH/c22-18(11-15-5-6-19-12-15)20-13-16-3-1-2-4-17(16)14-21-7-9-23-10-8-21;;/h1-4,15,19H,5-14H2,(H,20,22);2*1H. The van der Waals surface area contributed by atoms with Crippen molar-refractivity contribution < 1.29 is 9.53 Å². The highest BCUT2D eigenvalue weighted by Crippen LogP contribution is 2.14. The summed E-state index contributed by atoms with van der Waals surface area (Å²) in [4.78, 5) is 14.5. The molecule has 0 aromatic heterocycles. The van der Waals surface area contributed by atoms with E-state index in [1.807, 2.05) is 6.07 Å². The lowest BCUT2D eigenvalue weighted by atomic mass is 10.0. The Morgan fingerprint density at radius 2 is 1.92 bits per heavy atom. The lowest BCUT2D eigenvalue weighted by molar-refractivity contribution is -0.122. The molecule has 2 heterocycles. The Kier molecular flexibility index (Phi) is 10.4. The molecule has 0 radical (unpaired) electrons. The van der Waals surface area contributed by atoms with E-state index >= 15 is 0 Å². The Bertz CT molecular complexity index is 519. The molecule has 2 saturated heterocycles. The number of carbonyl (C=O) groups is 1. The van der Waals surface area contributed by atoms with Crippen LogP contribution in [0.15, 0.2) is 24.3 Å². The lowest BCUT2D eigenvalue weighted by Gasteiger charge is -2.27. The number of nitrogens with one attached hydrogen (secondary N) is 2. The van der Waals surface area contributed by atoms with Crippen LogP contribution in [0.4, 0.5) is 0 Å². The third kappa shape index (κ3) is 7.12. The van der Waals surface area contributed by atoms with E-state index in [0.29, 0.717) is 18.9 Å². The van der Waals surface area contributed by atoms with Crippen LogP contribution in [0.25, 0.3) is 0 Å². The molecule has 1 aromatic rings. The molecular weight excluding hydrogens is 361 g/mol. The van der Waals surface area contributed by atoms with Crippen molar-refractivity contribution in [3.63, 3.8) is 0 Å². The van der Waals surface area contributed by atoms with Crippen LogP contribution in [0.3, 0.4) is 0 Å². The molecule has 7 heteroatoms. The number of amides is 1. The van der Waals surface area contributed by atoms with Gasteiger partial charge < -0.3 is 15.4 Å². The van der Waals surface area contributed by atoms with Gasteiger partial charge in [-0.25, -0.2) is 0 Å². The summed E-state index contributed by atoms with van der Waals surface area (Å²) in [5.41, 5.74) is 2.52. The fourth-order valence-electron chi connectivity index (χ4n) is 3.30. The second-order valence-electron chi connectivity index (χ2n) is 6.50. The summed E-state index contributed by atoms with van der Waals surface area (Å²) >= 11 is 0. The van der Waals surface area contributed by atoms with Crippen LogP contribution in [-0.4, -0.2) is 50.2 Å². The fourth-order valence-corrected chi connectivity index (χ4v) is 3.30. The summed E-state index contributed by atoms with van der Waals surface area (Å²) in [6.45, 7) is 7.16. The normalized spacial score (nSPS) is 20.4. The predicted octanol–water partition coefficient (Wildman–Crippen LogP) is 1.98. The van der Waals surface area contributed by atoms with E-state index in [0.717, 1.165) is 52.4 Å². The molecule has 2 fully saturated rings. The van der Waals surface area contributed by atoms with Gasteiger partial charge in [-0.3, -0.25) is 9.69 Å². The molecule has 3 rings (SSSR count). The number of nitrogens with zero attached hydrogens (tertiary/aromatic N) is 1. The minimum absolute atomic E-state index is 0. The Labute approximate surface area is 162 Å². The van der Waals surface area contributed by atoms with E-state index in [9.17, 15) is 4.79 Å². The van der Waals surface area contributed by atoms with Gasteiger partial charge in [-0.05, 0) is 36.6 Å². The summed E-state index contributed by atoms with van der Waals surface area (Å²) < 4.78 is 5.41. The third-order valence-electron chi connectivity index (χ3n) is 4.73. The van der Waals surface area contributed by atoms with Gasteiger partial charge in [0, 0.05) is 32.6 Å². The summed E-state index contributed by atoms with van der Waals surface area (Å²) in [5, 5.41) is 6.40. The Morgan fingerprint density at radius 3 is 2.60 bits per heavy atom. The minimum atomic E-state index is 0. The fraction of sp³-hybridized carbons (Fsp3) is 0.611. The maximum atomic E-state index is 12.1. The van der Waals surface area contributed by atoms with Gasteiger partial charge in [-0.2, -0.15) is 0 Å². The van der Waals surface area contributed by atoms with Crippen LogP contribution < -0.4 is 10.6 Å². The van der Waals surface area contributed by atoms with Gasteiger partial charge in [-0.1, -0.05) is 24.3 Å². The van der Waals surface area contributed by atoms with Crippen molar-refractivity contribution in [1.82, 2.24) is 15.5 Å². The molecule has 0 saturated carbocycles. The number of hydrogen-bond donors (Lipinski definition) is 2. The molecule has 0 bridgehead atoms. The van der Waals surface area contributed by atoms with E-state index in [1.54, 1.807) is 0 Å². The topological polar surface area (TPSA) is 53.6 Å². The molecule has 1 unspecified atom stereocenters. The zero-order valence-electron chi connectivity index (χ0n) is 14.5. The number of carbonyl (C=O) groups excluding carboxylic acids is 1. The monoisotopic (exact) mass is 389 g/mol. The third-order valence-corrected chi connectivity index (χ3v) is 4.73. The van der Waals surface area contributed by atoms with Crippen molar-refractivity contribution in [1.29, 1.82) is 0 Å². The molecule has 2 aliphatic heterocycles. The summed E-state index contributed by atoms with van der Waals surface area (Å²) in [6, 6.07) is 8.40. The van der Waals surface area contributed by atoms with E-state index < -0.39 is 0 Å². The average Bonchev–Trinajstić information content (AvgIpc) is 3.08. The number of rotatable bonds is 6. The van der Waals surface area contributed by atoms with E-state index in [2.05, 4.69) is 33.7 Å². The van der Waals surface area contributed by atoms with E-state index in [1.165, 1.54) is 11.1 Å². The Hall–Kier alpha value is -0.850. The second kappa shape index (κ2) is 11.7. The van der Waals surface area contributed by atoms with Crippen molar-refractivity contribution in [2.45, 2.75) is 25.9 Å². The molecule has 2 N–H and O–H groups in total. The first-order valence-corrected chi connectivity index (χ1v) is 8.65. The number of hydrogen-bond acceptors (Lipinski definition) is 4. The molecule has 142 valence electrons. The summed E-state index contributed by atoms with van der Waals surface area (Å²) in [5.74, 6) is 0.665. The SMILES string of the molecule is Cl.Cl.O=C(CC1CCNC1)NCc1ccccc1CN1CCOCC1. The van der Waals surface area contributed by atoms with Crippen LogP contribution >= 0.6 is 24.8 Å². The highest BCUT2D eigenvalue weighted by molar-refractivity contribution is 5.85. The van der Waals surface area contributed by atoms with Crippen LogP contribution in [-0.2, 0) is 22.6 Å². The van der Waals surface area contributed by atoms with Crippen molar-refractivity contribution in [2.75, 3.05) is 39.4 Å². The molecule has 1 atom stereocenters. The van der Waals surface area contributed by atoms with Crippen molar-refractivity contribution >= 4 is 30.7 Å². The highest BCUT2D eigenvalue weighted by atomic mass is 35.5. The van der Waals surface area contributed by atoms with E-state index in [-0.39, 0.29) is 30.7 Å². The molecule has 0 aliphatic carbocycles. The minimum Gasteiger partial charge on any atom is -0.379 e. The number of ether oxygens (including phenoxy) is 1. The lowest BCUT2D eigenvalue weighted by Crippen LogP contribution is -2.36. The second-order valence-corrected chi connectivity index (χ2v) is 6.50. The maximum Gasteiger partial charge on any atom is 0.220 e. The van der Waals surface area contributed by atoms with Gasteiger partial charge in [-0.15, -0.1) is 24.8 Å². The van der Waals surface area contributed by atoms with Gasteiger partial charge >= 0.3 is 0 Å². The van der Waals surface area contributed by atoms with Gasteiger partial charge in [0.05, 0.1) is 13.2 Å². The van der Waals surface area contributed by atoms with Crippen molar-refractivity contribution in [3.05, 3.63) is 35.4 Å². The van der Waals surface area contributed by atoms with Crippen LogP contribution in [0.2, 0.25) is 0 Å². The first kappa shape index (κ1) is 22.2. The number of benzene rings is 1. The first-order chi connectivity index (χ1) is 11.3. The summed E-state index contributed by atoms with van der Waals surface area (Å²) in [7, 11) is 0. The van der Waals surface area contributed by atoms with Crippen LogP contribution in [0.5, 0.6) is 0 Å². The molecule has 0 spiro atoms. The Balaban J connectivity index is 0.00000156. The molecule has 5 nitrogen and oxygen atoms in total. The highest BCUT2D eigenvalue weighted by Gasteiger charge is 2.18. The predicted molar refractivity (Wildman–Crippen MR) is 104 cm³/mol. The Morgan fingerprint density at radius 1 is 1.20 bits per heavy atom. The van der Waals surface area contributed by atoms with Gasteiger partial charge in [0.1, 0.15) is 0 Å². The van der Waals surface area contributed by atoms with Crippen molar-refractivity contribution in [3.8, 4) is 0 Å².